The molecule has 2 aromatic carbocycles. The normalized spacial score (nSPS) is 10.7. The second kappa shape index (κ2) is 10.3. The molecule has 8 nitrogen and oxygen atoms in total. The Balaban J connectivity index is 1.62. The van der Waals surface area contributed by atoms with Gasteiger partial charge in [-0.05, 0) is 55.0 Å². The zero-order valence-electron chi connectivity index (χ0n) is 18.8. The van der Waals surface area contributed by atoms with Crippen LogP contribution in [-0.4, -0.2) is 44.2 Å². The third-order valence-corrected chi connectivity index (χ3v) is 4.54. The summed E-state index contributed by atoms with van der Waals surface area (Å²) in [5.41, 5.74) is 3.19. The van der Waals surface area contributed by atoms with E-state index in [1.165, 1.54) is 6.08 Å². The summed E-state index contributed by atoms with van der Waals surface area (Å²) < 4.78 is 10.5. The molecule has 166 valence electrons. The topological polar surface area (TPSA) is 88.6 Å². The van der Waals surface area contributed by atoms with Gasteiger partial charge < -0.3 is 25.0 Å². The van der Waals surface area contributed by atoms with Gasteiger partial charge in [0.1, 0.15) is 5.82 Å². The minimum absolute atomic E-state index is 0.238. The minimum atomic E-state index is -0.238. The smallest absolute Gasteiger partial charge is 0.248 e. The number of aryl methyl sites for hydroxylation is 1. The summed E-state index contributed by atoms with van der Waals surface area (Å²) in [4.78, 5) is 23.1. The molecule has 8 heteroatoms. The summed E-state index contributed by atoms with van der Waals surface area (Å²) >= 11 is 0. The SMILES string of the molecule is COc1ccc(/C=C/C(=O)Nc2ccc(Nc3nc(C)cc(N(C)C)n3)cc2)cc1OC. The Kier molecular flexibility index (Phi) is 7.28. The van der Waals surface area contributed by atoms with Gasteiger partial charge in [0.05, 0.1) is 14.2 Å². The number of benzene rings is 2. The number of amides is 1. The number of aromatic nitrogens is 2. The van der Waals surface area contributed by atoms with Crippen LogP contribution in [-0.2, 0) is 4.79 Å². The summed E-state index contributed by atoms with van der Waals surface area (Å²) in [5, 5.41) is 6.03. The van der Waals surface area contributed by atoms with Crippen LogP contribution in [0, 0.1) is 6.92 Å². The molecule has 0 aliphatic carbocycles. The number of carbonyl (C=O) groups excluding carboxylic acids is 1. The Labute approximate surface area is 187 Å². The summed E-state index contributed by atoms with van der Waals surface area (Å²) in [6.07, 6.45) is 3.18. The van der Waals surface area contributed by atoms with Crippen LogP contribution in [0.3, 0.4) is 0 Å². The van der Waals surface area contributed by atoms with Crippen LogP contribution < -0.4 is 25.0 Å². The lowest BCUT2D eigenvalue weighted by Gasteiger charge is -2.14. The summed E-state index contributed by atoms with van der Waals surface area (Å²) in [7, 11) is 7.02. The van der Waals surface area contributed by atoms with Gasteiger partial charge in [-0.3, -0.25) is 4.79 Å². The highest BCUT2D eigenvalue weighted by atomic mass is 16.5. The molecule has 3 rings (SSSR count). The second-order valence-electron chi connectivity index (χ2n) is 7.22. The Morgan fingerprint density at radius 3 is 2.28 bits per heavy atom. The molecule has 0 saturated heterocycles. The lowest BCUT2D eigenvalue weighted by atomic mass is 10.2. The molecule has 1 aromatic heterocycles. The molecular formula is C24H27N5O3. The van der Waals surface area contributed by atoms with Crippen molar-refractivity contribution in [2.45, 2.75) is 6.92 Å². The van der Waals surface area contributed by atoms with E-state index in [0.29, 0.717) is 23.1 Å². The first kappa shape index (κ1) is 22.6. The van der Waals surface area contributed by atoms with Crippen LogP contribution in [0.2, 0.25) is 0 Å². The number of hydrogen-bond donors (Lipinski definition) is 2. The number of nitrogens with zero attached hydrogens (tertiary/aromatic N) is 3. The first-order valence-corrected chi connectivity index (χ1v) is 9.99. The van der Waals surface area contributed by atoms with Crippen molar-refractivity contribution < 1.29 is 14.3 Å². The van der Waals surface area contributed by atoms with Gasteiger partial charge in [-0.2, -0.15) is 4.98 Å². The van der Waals surface area contributed by atoms with E-state index in [1.54, 1.807) is 32.4 Å². The highest BCUT2D eigenvalue weighted by molar-refractivity contribution is 6.02. The zero-order chi connectivity index (χ0) is 23.1. The Hall–Kier alpha value is -4.07. The first-order chi connectivity index (χ1) is 15.4. The molecule has 0 saturated carbocycles. The molecule has 1 amide bonds. The molecule has 0 aliphatic rings. The van der Waals surface area contributed by atoms with E-state index < -0.39 is 0 Å². The van der Waals surface area contributed by atoms with Crippen LogP contribution in [0.15, 0.2) is 54.6 Å². The van der Waals surface area contributed by atoms with Gasteiger partial charge in [0.2, 0.25) is 11.9 Å². The van der Waals surface area contributed by atoms with Gasteiger partial charge in [0.15, 0.2) is 11.5 Å². The van der Waals surface area contributed by atoms with E-state index in [2.05, 4.69) is 20.6 Å². The number of rotatable bonds is 8. The monoisotopic (exact) mass is 433 g/mol. The fourth-order valence-corrected chi connectivity index (χ4v) is 2.92. The molecule has 0 spiro atoms. The maximum atomic E-state index is 12.3. The zero-order valence-corrected chi connectivity index (χ0v) is 18.8. The Bertz CT molecular complexity index is 1110. The molecule has 0 atom stereocenters. The molecule has 0 fully saturated rings. The summed E-state index contributed by atoms with van der Waals surface area (Å²) in [6, 6.07) is 14.7. The van der Waals surface area contributed by atoms with Crippen molar-refractivity contribution in [3.8, 4) is 11.5 Å². The number of ether oxygens (including phenoxy) is 2. The molecule has 2 N–H and O–H groups in total. The molecule has 0 aliphatic heterocycles. The number of methoxy groups -OCH3 is 2. The van der Waals surface area contributed by atoms with Gasteiger partial charge in [-0.25, -0.2) is 4.98 Å². The molecule has 3 aromatic rings. The second-order valence-corrected chi connectivity index (χ2v) is 7.22. The number of carbonyl (C=O) groups is 1. The van der Waals surface area contributed by atoms with E-state index >= 15 is 0 Å². The van der Waals surface area contributed by atoms with Crippen molar-refractivity contribution in [3.05, 3.63) is 65.9 Å². The van der Waals surface area contributed by atoms with E-state index in [9.17, 15) is 4.79 Å². The van der Waals surface area contributed by atoms with E-state index in [-0.39, 0.29) is 5.91 Å². The van der Waals surface area contributed by atoms with Gasteiger partial charge in [-0.15, -0.1) is 0 Å². The fourth-order valence-electron chi connectivity index (χ4n) is 2.92. The van der Waals surface area contributed by atoms with Crippen LogP contribution in [0.4, 0.5) is 23.1 Å². The van der Waals surface area contributed by atoms with E-state index in [1.807, 2.05) is 62.3 Å². The van der Waals surface area contributed by atoms with Gasteiger partial charge in [0, 0.05) is 43.3 Å². The van der Waals surface area contributed by atoms with Crippen molar-refractivity contribution in [1.82, 2.24) is 9.97 Å². The molecule has 1 heterocycles. The van der Waals surface area contributed by atoms with Crippen molar-refractivity contribution >= 4 is 35.1 Å². The van der Waals surface area contributed by atoms with Gasteiger partial charge >= 0.3 is 0 Å². The highest BCUT2D eigenvalue weighted by Gasteiger charge is 2.06. The van der Waals surface area contributed by atoms with Gasteiger partial charge in [-0.1, -0.05) is 6.07 Å². The fraction of sp³-hybridized carbons (Fsp3) is 0.208. The third-order valence-electron chi connectivity index (χ3n) is 4.54. The average Bonchev–Trinajstić information content (AvgIpc) is 2.78. The van der Waals surface area contributed by atoms with Crippen molar-refractivity contribution in [2.75, 3.05) is 43.8 Å². The lowest BCUT2D eigenvalue weighted by molar-refractivity contribution is -0.111. The maximum Gasteiger partial charge on any atom is 0.248 e. The van der Waals surface area contributed by atoms with Crippen LogP contribution in [0.5, 0.6) is 11.5 Å². The Morgan fingerprint density at radius 2 is 1.62 bits per heavy atom. The predicted molar refractivity (Wildman–Crippen MR) is 128 cm³/mol. The average molecular weight is 434 g/mol. The molecule has 0 radical (unpaired) electrons. The summed E-state index contributed by atoms with van der Waals surface area (Å²) in [6.45, 7) is 1.92. The van der Waals surface area contributed by atoms with Crippen molar-refractivity contribution in [2.24, 2.45) is 0 Å². The molecule has 0 bridgehead atoms. The quantitative estimate of drug-likeness (QED) is 0.513. The maximum absolute atomic E-state index is 12.3. The first-order valence-electron chi connectivity index (χ1n) is 9.99. The van der Waals surface area contributed by atoms with Crippen LogP contribution in [0.25, 0.3) is 6.08 Å². The molecule has 0 unspecified atom stereocenters. The van der Waals surface area contributed by atoms with Gasteiger partial charge in [0.25, 0.3) is 0 Å². The number of anilines is 4. The van der Waals surface area contributed by atoms with Crippen LogP contribution >= 0.6 is 0 Å². The largest absolute Gasteiger partial charge is 0.493 e. The van der Waals surface area contributed by atoms with Crippen molar-refractivity contribution in [1.29, 1.82) is 0 Å². The lowest BCUT2D eigenvalue weighted by Crippen LogP contribution is -2.12. The molecule has 32 heavy (non-hydrogen) atoms. The van der Waals surface area contributed by atoms with Crippen LogP contribution in [0.1, 0.15) is 11.3 Å². The van der Waals surface area contributed by atoms with E-state index in [0.717, 1.165) is 22.8 Å². The van der Waals surface area contributed by atoms with Crippen molar-refractivity contribution in [3.63, 3.8) is 0 Å². The van der Waals surface area contributed by atoms with E-state index in [4.69, 9.17) is 9.47 Å². The third kappa shape index (κ3) is 5.98. The Morgan fingerprint density at radius 1 is 0.938 bits per heavy atom. The molecular weight excluding hydrogens is 406 g/mol. The predicted octanol–water partition coefficient (Wildman–Crippen LogP) is 4.26. The number of hydrogen-bond acceptors (Lipinski definition) is 7. The highest BCUT2D eigenvalue weighted by Crippen LogP contribution is 2.28. The summed E-state index contributed by atoms with van der Waals surface area (Å²) in [5.74, 6) is 2.34. The number of nitrogens with one attached hydrogen (secondary N) is 2. The standard InChI is InChI=1S/C24H27N5O3/c1-16-14-22(29(2)3)28-24(25-16)27-19-10-8-18(9-11-19)26-23(30)13-7-17-6-12-20(31-4)21(15-17)32-5/h6-15H,1-5H3,(H,26,30)(H,25,27,28)/b13-7+. The minimum Gasteiger partial charge on any atom is -0.493 e.